The van der Waals surface area contributed by atoms with Crippen molar-refractivity contribution in [1.29, 1.82) is 0 Å². The summed E-state index contributed by atoms with van der Waals surface area (Å²) in [4.78, 5) is 0. The van der Waals surface area contributed by atoms with Crippen LogP contribution in [-0.2, 0) is 5.41 Å². The first-order valence-electron chi connectivity index (χ1n) is 13.0. The molecule has 0 bridgehead atoms. The lowest BCUT2D eigenvalue weighted by molar-refractivity contribution is 0.662. The molecule has 176 valence electrons. The maximum absolute atomic E-state index is 2.45. The molecule has 0 aromatic heterocycles. The summed E-state index contributed by atoms with van der Waals surface area (Å²) in [5, 5.41) is 8.01. The maximum atomic E-state index is 2.45. The molecule has 1 aliphatic rings. The van der Waals surface area contributed by atoms with Crippen LogP contribution in [-0.4, -0.2) is 0 Å². The molecule has 0 radical (unpaired) electrons. The second kappa shape index (κ2) is 10.9. The van der Waals surface area contributed by atoms with Gasteiger partial charge in [0, 0.05) is 5.41 Å². The van der Waals surface area contributed by atoms with E-state index in [1.54, 1.807) is 0 Å². The van der Waals surface area contributed by atoms with Crippen LogP contribution in [0.15, 0.2) is 84.9 Å². The lowest BCUT2D eigenvalue weighted by atomic mass is 9.81. The van der Waals surface area contributed by atoms with Crippen LogP contribution in [0.1, 0.15) is 72.9 Å². The third-order valence-electron chi connectivity index (χ3n) is 6.43. The smallest absolute Gasteiger partial charge is 0.0159 e. The molecule has 0 heterocycles. The summed E-state index contributed by atoms with van der Waals surface area (Å²) in [7, 11) is 0. The predicted molar refractivity (Wildman–Crippen MR) is 155 cm³/mol. The SMILES string of the molecule is CC.CC.CC1(C)c2cc3c(ccc4ccccc43)cc2-c2c1ccc1ccccc21.CCC. The van der Waals surface area contributed by atoms with Crippen LogP contribution in [0.25, 0.3) is 43.4 Å². The van der Waals surface area contributed by atoms with E-state index in [-0.39, 0.29) is 5.41 Å². The van der Waals surface area contributed by atoms with E-state index in [1.165, 1.54) is 61.0 Å². The summed E-state index contributed by atoms with van der Waals surface area (Å²) < 4.78 is 0. The minimum atomic E-state index is 0.0137. The Morgan fingerprint density at radius 1 is 0.529 bits per heavy atom. The second-order valence-corrected chi connectivity index (χ2v) is 8.95. The van der Waals surface area contributed by atoms with Gasteiger partial charge in [0.1, 0.15) is 0 Å². The molecule has 0 nitrogen and oxygen atoms in total. The van der Waals surface area contributed by atoms with Crippen molar-refractivity contribution in [3.05, 3.63) is 96.1 Å². The molecule has 0 spiro atoms. The Kier molecular flexibility index (Phi) is 8.15. The number of benzene rings is 5. The van der Waals surface area contributed by atoms with E-state index in [9.17, 15) is 0 Å². The molecule has 34 heavy (non-hydrogen) atoms. The fourth-order valence-electron chi connectivity index (χ4n) is 5.01. The van der Waals surface area contributed by atoms with E-state index in [4.69, 9.17) is 0 Å². The van der Waals surface area contributed by atoms with E-state index in [1.807, 2.05) is 27.7 Å². The summed E-state index contributed by atoms with van der Waals surface area (Å²) >= 11 is 0. The summed E-state index contributed by atoms with van der Waals surface area (Å²) in [6.45, 7) is 17.0. The van der Waals surface area contributed by atoms with Crippen molar-refractivity contribution in [2.24, 2.45) is 0 Å². The fourth-order valence-corrected chi connectivity index (χ4v) is 5.01. The van der Waals surface area contributed by atoms with Gasteiger partial charge in [-0.25, -0.2) is 0 Å². The normalized spacial score (nSPS) is 12.5. The van der Waals surface area contributed by atoms with Gasteiger partial charge in [0.2, 0.25) is 0 Å². The number of rotatable bonds is 0. The zero-order chi connectivity index (χ0) is 24.9. The average molecular weight is 449 g/mol. The van der Waals surface area contributed by atoms with Crippen molar-refractivity contribution in [2.75, 3.05) is 0 Å². The average Bonchev–Trinajstić information content (AvgIpc) is 3.12. The van der Waals surface area contributed by atoms with Crippen molar-refractivity contribution in [2.45, 2.75) is 67.2 Å². The molecule has 0 heteroatoms. The Balaban J connectivity index is 0.000000423. The van der Waals surface area contributed by atoms with Crippen molar-refractivity contribution in [3.63, 3.8) is 0 Å². The number of hydrogen-bond acceptors (Lipinski definition) is 0. The third kappa shape index (κ3) is 4.23. The van der Waals surface area contributed by atoms with Crippen molar-refractivity contribution in [3.8, 4) is 11.1 Å². The van der Waals surface area contributed by atoms with Crippen LogP contribution >= 0.6 is 0 Å². The van der Waals surface area contributed by atoms with Crippen molar-refractivity contribution >= 4 is 32.3 Å². The van der Waals surface area contributed by atoms with E-state index in [0.29, 0.717) is 0 Å². The van der Waals surface area contributed by atoms with Crippen molar-refractivity contribution in [1.82, 2.24) is 0 Å². The monoisotopic (exact) mass is 448 g/mol. The molecule has 0 unspecified atom stereocenters. The Labute approximate surface area is 206 Å². The molecule has 1 aliphatic carbocycles. The third-order valence-corrected chi connectivity index (χ3v) is 6.43. The van der Waals surface area contributed by atoms with Gasteiger partial charge in [0.15, 0.2) is 0 Å². The van der Waals surface area contributed by atoms with Crippen LogP contribution in [0.2, 0.25) is 0 Å². The first-order chi connectivity index (χ1) is 16.6. The Morgan fingerprint density at radius 3 is 1.68 bits per heavy atom. The Bertz CT molecular complexity index is 1400. The van der Waals surface area contributed by atoms with E-state index < -0.39 is 0 Å². The van der Waals surface area contributed by atoms with Crippen LogP contribution < -0.4 is 0 Å². The lowest BCUT2D eigenvalue weighted by Crippen LogP contribution is -2.14. The van der Waals surface area contributed by atoms with Gasteiger partial charge in [-0.2, -0.15) is 0 Å². The first-order valence-corrected chi connectivity index (χ1v) is 13.0. The molecule has 0 atom stereocenters. The lowest BCUT2D eigenvalue weighted by Gasteiger charge is -2.22. The van der Waals surface area contributed by atoms with Gasteiger partial charge in [-0.1, -0.05) is 135 Å². The summed E-state index contributed by atoms with van der Waals surface area (Å²) in [5.74, 6) is 0. The summed E-state index contributed by atoms with van der Waals surface area (Å²) in [6.07, 6.45) is 1.25. The highest BCUT2D eigenvalue weighted by Gasteiger charge is 2.36. The molecular formula is C34H40. The van der Waals surface area contributed by atoms with Gasteiger partial charge in [-0.15, -0.1) is 0 Å². The van der Waals surface area contributed by atoms with Gasteiger partial charge < -0.3 is 0 Å². The molecule has 0 saturated heterocycles. The Hall–Kier alpha value is -3.12. The molecule has 5 aromatic carbocycles. The molecular weight excluding hydrogens is 408 g/mol. The second-order valence-electron chi connectivity index (χ2n) is 8.95. The number of hydrogen-bond donors (Lipinski definition) is 0. The molecule has 0 N–H and O–H groups in total. The van der Waals surface area contributed by atoms with Gasteiger partial charge in [0.05, 0.1) is 0 Å². The highest BCUT2D eigenvalue weighted by molar-refractivity contribution is 6.11. The van der Waals surface area contributed by atoms with Gasteiger partial charge >= 0.3 is 0 Å². The molecule has 6 rings (SSSR count). The topological polar surface area (TPSA) is 0 Å². The van der Waals surface area contributed by atoms with Gasteiger partial charge in [0.25, 0.3) is 0 Å². The van der Waals surface area contributed by atoms with Crippen LogP contribution in [0.3, 0.4) is 0 Å². The quantitative estimate of drug-likeness (QED) is 0.207. The Morgan fingerprint density at radius 2 is 1.03 bits per heavy atom. The number of fused-ring (bicyclic) bond motifs is 8. The largest absolute Gasteiger partial charge is 0.0683 e. The van der Waals surface area contributed by atoms with Crippen LogP contribution in [0.5, 0.6) is 0 Å². The molecule has 0 aliphatic heterocycles. The molecule has 0 amide bonds. The summed E-state index contributed by atoms with van der Waals surface area (Å²) in [5.41, 5.74) is 5.71. The van der Waals surface area contributed by atoms with Crippen LogP contribution in [0.4, 0.5) is 0 Å². The highest BCUT2D eigenvalue weighted by atomic mass is 14.4. The van der Waals surface area contributed by atoms with Crippen LogP contribution in [0, 0.1) is 0 Å². The maximum Gasteiger partial charge on any atom is 0.0159 e. The van der Waals surface area contributed by atoms with Crippen molar-refractivity contribution < 1.29 is 0 Å². The van der Waals surface area contributed by atoms with E-state index in [0.717, 1.165) is 0 Å². The minimum absolute atomic E-state index is 0.0137. The van der Waals surface area contributed by atoms with Gasteiger partial charge in [-0.3, -0.25) is 0 Å². The van der Waals surface area contributed by atoms with E-state index in [2.05, 4.69) is 113 Å². The van der Waals surface area contributed by atoms with Gasteiger partial charge in [-0.05, 0) is 66.7 Å². The molecule has 5 aromatic rings. The minimum Gasteiger partial charge on any atom is -0.0683 e. The predicted octanol–water partition coefficient (Wildman–Crippen LogP) is 10.9. The van der Waals surface area contributed by atoms with E-state index >= 15 is 0 Å². The zero-order valence-corrected chi connectivity index (χ0v) is 22.3. The zero-order valence-electron chi connectivity index (χ0n) is 22.3. The standard InChI is InChI=1S/C27H20.C3H8.2C2H6/c1-27(2)24-14-13-18-8-4-6-10-21(18)26(24)23-15-19-12-11-17-7-3-5-9-20(17)22(19)16-25(23)27;1-3-2;2*1-2/h3-16H,1-2H3;3H2,1-2H3;2*1-2H3. The molecule has 0 saturated carbocycles. The molecule has 0 fully saturated rings. The highest BCUT2D eigenvalue weighted by Crippen LogP contribution is 2.52. The summed E-state index contributed by atoms with van der Waals surface area (Å²) in [6, 6.07) is 31.5. The fraction of sp³-hybridized carbons (Fsp3) is 0.294. The first kappa shape index (κ1) is 25.5.